The van der Waals surface area contributed by atoms with Crippen LogP contribution < -0.4 is 0 Å². The zero-order valence-electron chi connectivity index (χ0n) is 13.7. The Labute approximate surface area is 155 Å². The predicted octanol–water partition coefficient (Wildman–Crippen LogP) is 1.39. The van der Waals surface area contributed by atoms with E-state index in [2.05, 4.69) is 20.9 Å². The molecule has 0 aromatic carbocycles. The van der Waals surface area contributed by atoms with Gasteiger partial charge >= 0.3 is 0 Å². The van der Waals surface area contributed by atoms with Crippen LogP contribution in [0.5, 0.6) is 0 Å². The molecule has 2 saturated heterocycles. The molecule has 0 bridgehead atoms. The Balaban J connectivity index is 1.46. The van der Waals surface area contributed by atoms with Gasteiger partial charge in [-0.15, -0.1) is 0 Å². The predicted molar refractivity (Wildman–Crippen MR) is 93.3 cm³/mol. The van der Waals surface area contributed by atoms with Crippen molar-refractivity contribution in [1.82, 2.24) is 14.2 Å². The van der Waals surface area contributed by atoms with Gasteiger partial charge in [0, 0.05) is 29.8 Å². The number of aromatic nitrogens is 1. The van der Waals surface area contributed by atoms with E-state index in [1.54, 1.807) is 6.07 Å². The number of amides is 1. The van der Waals surface area contributed by atoms with Gasteiger partial charge in [-0.1, -0.05) is 0 Å². The number of carbonyl (C=O) groups is 1. The highest BCUT2D eigenvalue weighted by Gasteiger charge is 2.47. The molecule has 1 aromatic rings. The van der Waals surface area contributed by atoms with Gasteiger partial charge in [0.15, 0.2) is 5.03 Å². The molecule has 7 nitrogen and oxygen atoms in total. The summed E-state index contributed by atoms with van der Waals surface area (Å²) in [5.74, 6) is 0.0576. The minimum Gasteiger partial charge on any atom is -0.363 e. The molecular weight excluding hydrogens is 410 g/mol. The Morgan fingerprint density at radius 3 is 2.56 bits per heavy atom. The van der Waals surface area contributed by atoms with E-state index in [9.17, 15) is 13.2 Å². The SMILES string of the molecule is O=C1COC2(CCN(S(=O)(=O)c3ccc(Br)cn3)CC2)CN1C1CC1. The molecule has 4 rings (SSSR count). The second kappa shape index (κ2) is 6.29. The minimum absolute atomic E-state index is 0.0576. The molecule has 0 atom stereocenters. The molecule has 1 spiro atoms. The molecule has 3 heterocycles. The summed E-state index contributed by atoms with van der Waals surface area (Å²) in [5, 5.41) is 0.0611. The third-order valence-electron chi connectivity index (χ3n) is 5.21. The Morgan fingerprint density at radius 2 is 1.96 bits per heavy atom. The van der Waals surface area contributed by atoms with Gasteiger partial charge in [-0.25, -0.2) is 13.4 Å². The first-order valence-corrected chi connectivity index (χ1v) is 10.7. The van der Waals surface area contributed by atoms with E-state index in [-0.39, 0.29) is 17.5 Å². The highest BCUT2D eigenvalue weighted by Crippen LogP contribution is 2.37. The zero-order valence-corrected chi connectivity index (χ0v) is 16.1. The fraction of sp³-hybridized carbons (Fsp3) is 0.625. The lowest BCUT2D eigenvalue weighted by molar-refractivity contribution is -0.170. The van der Waals surface area contributed by atoms with Crippen LogP contribution in [0.3, 0.4) is 0 Å². The smallest absolute Gasteiger partial charge is 0.260 e. The number of hydrogen-bond donors (Lipinski definition) is 0. The average molecular weight is 430 g/mol. The van der Waals surface area contributed by atoms with Crippen molar-refractivity contribution in [1.29, 1.82) is 0 Å². The summed E-state index contributed by atoms with van der Waals surface area (Å²) in [7, 11) is -3.60. The maximum Gasteiger partial charge on any atom is 0.260 e. The quantitative estimate of drug-likeness (QED) is 0.724. The lowest BCUT2D eigenvalue weighted by Crippen LogP contribution is -2.59. The van der Waals surface area contributed by atoms with Crippen molar-refractivity contribution in [2.75, 3.05) is 26.2 Å². The first kappa shape index (κ1) is 17.4. The minimum atomic E-state index is -3.60. The van der Waals surface area contributed by atoms with Crippen LogP contribution in [0.15, 0.2) is 27.8 Å². The second-order valence-electron chi connectivity index (χ2n) is 6.94. The van der Waals surface area contributed by atoms with Crippen LogP contribution in [-0.4, -0.2) is 66.4 Å². The van der Waals surface area contributed by atoms with Gasteiger partial charge in [-0.3, -0.25) is 4.79 Å². The highest BCUT2D eigenvalue weighted by molar-refractivity contribution is 9.10. The van der Waals surface area contributed by atoms with Gasteiger partial charge in [0.1, 0.15) is 6.61 Å². The number of carbonyl (C=O) groups excluding carboxylic acids is 1. The molecule has 0 N–H and O–H groups in total. The molecule has 1 aromatic heterocycles. The highest BCUT2D eigenvalue weighted by atomic mass is 79.9. The molecule has 9 heteroatoms. The Hall–Kier alpha value is -1.03. The van der Waals surface area contributed by atoms with Gasteiger partial charge in [0.2, 0.25) is 5.91 Å². The number of hydrogen-bond acceptors (Lipinski definition) is 5. The first-order valence-electron chi connectivity index (χ1n) is 8.45. The lowest BCUT2D eigenvalue weighted by atomic mass is 9.90. The number of piperidine rings is 1. The lowest BCUT2D eigenvalue weighted by Gasteiger charge is -2.46. The molecule has 3 aliphatic rings. The number of morpholine rings is 1. The molecule has 1 aliphatic carbocycles. The van der Waals surface area contributed by atoms with E-state index in [0.29, 0.717) is 38.5 Å². The van der Waals surface area contributed by atoms with Crippen molar-refractivity contribution in [3.8, 4) is 0 Å². The van der Waals surface area contributed by atoms with Crippen LogP contribution in [0.4, 0.5) is 0 Å². The van der Waals surface area contributed by atoms with E-state index < -0.39 is 15.6 Å². The number of rotatable bonds is 3. The van der Waals surface area contributed by atoms with Crippen molar-refractivity contribution >= 4 is 31.9 Å². The van der Waals surface area contributed by atoms with Gasteiger partial charge < -0.3 is 9.64 Å². The van der Waals surface area contributed by atoms with Gasteiger partial charge in [-0.05, 0) is 53.7 Å². The van der Waals surface area contributed by atoms with Crippen LogP contribution in [0.25, 0.3) is 0 Å². The monoisotopic (exact) mass is 429 g/mol. The normalized spacial score (nSPS) is 24.7. The first-order chi connectivity index (χ1) is 11.9. The summed E-state index contributed by atoms with van der Waals surface area (Å²) < 4.78 is 33.6. The third kappa shape index (κ3) is 3.34. The summed E-state index contributed by atoms with van der Waals surface area (Å²) in [5.41, 5.74) is -0.407. The maximum atomic E-state index is 12.7. The third-order valence-corrected chi connectivity index (χ3v) is 7.49. The van der Waals surface area contributed by atoms with Crippen molar-refractivity contribution in [3.63, 3.8) is 0 Å². The molecule has 2 aliphatic heterocycles. The topological polar surface area (TPSA) is 79.8 Å². The maximum absolute atomic E-state index is 12.7. The van der Waals surface area contributed by atoms with Crippen LogP contribution >= 0.6 is 15.9 Å². The molecule has 0 unspecified atom stereocenters. The van der Waals surface area contributed by atoms with Crippen LogP contribution in [0.1, 0.15) is 25.7 Å². The molecule has 136 valence electrons. The Morgan fingerprint density at radius 1 is 1.24 bits per heavy atom. The number of pyridine rings is 1. The van der Waals surface area contributed by atoms with Crippen molar-refractivity contribution in [2.24, 2.45) is 0 Å². The van der Waals surface area contributed by atoms with E-state index in [4.69, 9.17) is 4.74 Å². The largest absolute Gasteiger partial charge is 0.363 e. The van der Waals surface area contributed by atoms with Crippen molar-refractivity contribution in [3.05, 3.63) is 22.8 Å². The molecule has 1 saturated carbocycles. The van der Waals surface area contributed by atoms with Gasteiger partial charge in [-0.2, -0.15) is 4.31 Å². The summed E-state index contributed by atoms with van der Waals surface area (Å²) >= 11 is 3.26. The summed E-state index contributed by atoms with van der Waals surface area (Å²) in [6.07, 6.45) is 4.81. The average Bonchev–Trinajstić information content (AvgIpc) is 3.43. The van der Waals surface area contributed by atoms with E-state index >= 15 is 0 Å². The van der Waals surface area contributed by atoms with E-state index in [1.807, 2.05) is 4.90 Å². The number of ether oxygens (including phenoxy) is 1. The van der Waals surface area contributed by atoms with Crippen molar-refractivity contribution in [2.45, 2.75) is 42.4 Å². The van der Waals surface area contributed by atoms with Crippen LogP contribution in [-0.2, 0) is 19.6 Å². The Kier molecular flexibility index (Phi) is 4.38. The van der Waals surface area contributed by atoms with Crippen molar-refractivity contribution < 1.29 is 17.9 Å². The molecule has 25 heavy (non-hydrogen) atoms. The number of halogens is 1. The zero-order chi connectivity index (χ0) is 17.7. The summed E-state index contributed by atoms with van der Waals surface area (Å²) in [6, 6.07) is 3.55. The standard InChI is InChI=1S/C16H20BrN3O4S/c17-12-1-4-14(18-9-12)25(22,23)19-7-5-16(6-8-19)11-20(13-2-3-13)15(21)10-24-16/h1,4,9,13H,2-3,5-8,10-11H2. The molecular formula is C16H20BrN3O4S. The van der Waals surface area contributed by atoms with Crippen LogP contribution in [0.2, 0.25) is 0 Å². The van der Waals surface area contributed by atoms with E-state index in [0.717, 1.165) is 17.3 Å². The van der Waals surface area contributed by atoms with E-state index in [1.165, 1.54) is 16.6 Å². The van der Waals surface area contributed by atoms with Gasteiger partial charge in [0.05, 0.1) is 12.1 Å². The fourth-order valence-corrected chi connectivity index (χ4v) is 5.13. The fourth-order valence-electron chi connectivity index (χ4n) is 3.54. The molecule has 0 radical (unpaired) electrons. The summed E-state index contributed by atoms with van der Waals surface area (Å²) in [6.45, 7) is 1.46. The molecule has 1 amide bonds. The second-order valence-corrected chi connectivity index (χ2v) is 9.74. The number of nitrogens with zero attached hydrogens (tertiary/aromatic N) is 3. The van der Waals surface area contributed by atoms with Crippen LogP contribution in [0, 0.1) is 0 Å². The molecule has 3 fully saturated rings. The Bertz CT molecular complexity index is 771. The summed E-state index contributed by atoms with van der Waals surface area (Å²) in [4.78, 5) is 18.0. The van der Waals surface area contributed by atoms with Gasteiger partial charge in [0.25, 0.3) is 10.0 Å². The number of sulfonamides is 1.